The molecule has 0 heterocycles. The van der Waals surface area contributed by atoms with Crippen molar-refractivity contribution in [2.24, 2.45) is 5.92 Å². The van der Waals surface area contributed by atoms with E-state index in [1.54, 1.807) is 0 Å². The number of carbonyl (C=O) groups is 3. The van der Waals surface area contributed by atoms with Crippen LogP contribution < -0.4 is 10.6 Å². The van der Waals surface area contributed by atoms with Crippen LogP contribution in [0.4, 0.5) is 0 Å². The predicted molar refractivity (Wildman–Crippen MR) is 80.2 cm³/mol. The van der Waals surface area contributed by atoms with Gasteiger partial charge < -0.3 is 15.7 Å². The summed E-state index contributed by atoms with van der Waals surface area (Å²) in [4.78, 5) is 33.7. The Kier molecular flexibility index (Phi) is 8.84. The zero-order chi connectivity index (χ0) is 16.6. The minimum absolute atomic E-state index is 0.298. The third kappa shape index (κ3) is 8.44. The van der Waals surface area contributed by atoms with Crippen LogP contribution in [0.25, 0.3) is 0 Å². The molecule has 0 aliphatic carbocycles. The van der Waals surface area contributed by atoms with Crippen molar-refractivity contribution in [3.63, 3.8) is 0 Å². The Balaban J connectivity index is 4.44. The maximum atomic E-state index is 12.0. The number of carbonyl (C=O) groups excluding carboxylic acids is 2. The van der Waals surface area contributed by atoms with Crippen LogP contribution in [-0.4, -0.2) is 50.7 Å². The summed E-state index contributed by atoms with van der Waals surface area (Å²) < 4.78 is 12.0. The fourth-order valence-corrected chi connectivity index (χ4v) is 2.64. The number of carboxylic acids is 1. The Hall–Kier alpha value is -1.44. The van der Waals surface area contributed by atoms with Crippen LogP contribution in [0.15, 0.2) is 0 Å². The molecule has 0 saturated carbocycles. The number of hydrogen-bond acceptors (Lipinski definition) is 4. The summed E-state index contributed by atoms with van der Waals surface area (Å²) in [7, 11) is -1.68. The molecule has 122 valence electrons. The predicted octanol–water partition coefficient (Wildman–Crippen LogP) is -0.125. The van der Waals surface area contributed by atoms with Gasteiger partial charge in [0.1, 0.15) is 11.3 Å². The van der Waals surface area contributed by atoms with E-state index in [9.17, 15) is 18.6 Å². The molecule has 0 rings (SSSR count). The van der Waals surface area contributed by atoms with Gasteiger partial charge in [-0.3, -0.25) is 13.8 Å². The van der Waals surface area contributed by atoms with E-state index in [4.69, 9.17) is 5.11 Å². The zero-order valence-electron chi connectivity index (χ0n) is 12.8. The third-order valence-corrected chi connectivity index (χ3v) is 4.46. The summed E-state index contributed by atoms with van der Waals surface area (Å²) in [5.74, 6) is -2.02. The Labute approximate surface area is 127 Å². The maximum Gasteiger partial charge on any atom is 0.327 e. The number of carboxylic acid groups (broad SMARTS) is 1. The summed E-state index contributed by atoms with van der Waals surface area (Å²) in [6.07, 6.45) is 0.814. The van der Waals surface area contributed by atoms with Crippen molar-refractivity contribution in [1.82, 2.24) is 10.6 Å². The van der Waals surface area contributed by atoms with Gasteiger partial charge in [-0.2, -0.15) is 0 Å². The van der Waals surface area contributed by atoms with Gasteiger partial charge in [0.15, 0.2) is 0 Å². The summed E-state index contributed by atoms with van der Waals surface area (Å²) in [5, 5.41) is 13.0. The van der Waals surface area contributed by atoms with E-state index in [-0.39, 0.29) is 11.7 Å². The fraction of sp³-hybridized carbons (Fsp3) is 0.769. The molecule has 3 atom stereocenters. The second-order valence-corrected chi connectivity index (χ2v) is 7.06. The van der Waals surface area contributed by atoms with Gasteiger partial charge in [0.25, 0.3) is 0 Å². The molecule has 0 radical (unpaired) electrons. The number of nitrogens with one attached hydrogen (secondary N) is 2. The lowest BCUT2D eigenvalue weighted by Gasteiger charge is -2.16. The van der Waals surface area contributed by atoms with E-state index in [1.165, 1.54) is 13.8 Å². The van der Waals surface area contributed by atoms with Gasteiger partial charge in [-0.05, 0) is 19.3 Å². The quantitative estimate of drug-likeness (QED) is 0.548. The van der Waals surface area contributed by atoms with E-state index in [1.807, 2.05) is 13.8 Å². The third-order valence-electron chi connectivity index (χ3n) is 2.79. The average molecular weight is 320 g/mol. The standard InChI is InChI=1S/C13H24N2O5S/c1-8(2)5-6-14-12(17)9(3)21(20)7-11(13(18)19)15-10(4)16/h8-9,11H,5-7H2,1-4H3,(H,14,17)(H,15,16)(H,18,19)/t9?,11-,21?/m0/s1. The average Bonchev–Trinajstić information content (AvgIpc) is 2.35. The molecule has 0 aliphatic heterocycles. The Morgan fingerprint density at radius 3 is 2.19 bits per heavy atom. The molecule has 0 saturated heterocycles. The van der Waals surface area contributed by atoms with E-state index in [0.29, 0.717) is 12.5 Å². The number of rotatable bonds is 9. The minimum atomic E-state index is -1.68. The van der Waals surface area contributed by atoms with Crippen molar-refractivity contribution < 1.29 is 23.7 Å². The van der Waals surface area contributed by atoms with Crippen LogP contribution in [0, 0.1) is 5.92 Å². The van der Waals surface area contributed by atoms with E-state index in [2.05, 4.69) is 10.6 Å². The van der Waals surface area contributed by atoms with Crippen molar-refractivity contribution in [2.45, 2.75) is 45.4 Å². The Morgan fingerprint density at radius 1 is 1.19 bits per heavy atom. The first-order valence-corrected chi connectivity index (χ1v) is 8.18. The second-order valence-electron chi connectivity index (χ2n) is 5.25. The van der Waals surface area contributed by atoms with Crippen LogP contribution in [0.2, 0.25) is 0 Å². The maximum absolute atomic E-state index is 12.0. The number of aliphatic carboxylic acids is 1. The monoisotopic (exact) mass is 320 g/mol. The van der Waals surface area contributed by atoms with Gasteiger partial charge in [-0.15, -0.1) is 0 Å². The molecule has 0 aliphatic rings. The van der Waals surface area contributed by atoms with Gasteiger partial charge in [0, 0.05) is 24.3 Å². The highest BCUT2D eigenvalue weighted by Crippen LogP contribution is 2.02. The first-order chi connectivity index (χ1) is 9.65. The van der Waals surface area contributed by atoms with Gasteiger partial charge in [0.2, 0.25) is 11.8 Å². The number of amides is 2. The summed E-state index contributed by atoms with van der Waals surface area (Å²) in [6, 6.07) is -1.26. The van der Waals surface area contributed by atoms with Crippen LogP contribution in [0.5, 0.6) is 0 Å². The molecule has 0 aromatic rings. The highest BCUT2D eigenvalue weighted by Gasteiger charge is 2.27. The molecule has 7 nitrogen and oxygen atoms in total. The molecule has 0 spiro atoms. The molecule has 21 heavy (non-hydrogen) atoms. The molecule has 0 aromatic carbocycles. The van der Waals surface area contributed by atoms with E-state index in [0.717, 1.165) is 6.42 Å². The first-order valence-electron chi connectivity index (χ1n) is 6.80. The molecular weight excluding hydrogens is 296 g/mol. The lowest BCUT2D eigenvalue weighted by molar-refractivity contribution is -0.140. The van der Waals surface area contributed by atoms with Gasteiger partial charge in [-0.25, -0.2) is 4.79 Å². The smallest absolute Gasteiger partial charge is 0.327 e. The number of hydrogen-bond donors (Lipinski definition) is 3. The molecular formula is C13H24N2O5S. The van der Waals surface area contributed by atoms with Crippen LogP contribution in [0.1, 0.15) is 34.1 Å². The Morgan fingerprint density at radius 2 is 1.76 bits per heavy atom. The van der Waals surface area contributed by atoms with Crippen molar-refractivity contribution in [3.8, 4) is 0 Å². The van der Waals surface area contributed by atoms with Crippen molar-refractivity contribution in [1.29, 1.82) is 0 Å². The zero-order valence-corrected chi connectivity index (χ0v) is 13.7. The van der Waals surface area contributed by atoms with Crippen LogP contribution in [-0.2, 0) is 25.2 Å². The highest BCUT2D eigenvalue weighted by molar-refractivity contribution is 7.86. The van der Waals surface area contributed by atoms with E-state index >= 15 is 0 Å². The largest absolute Gasteiger partial charge is 0.480 e. The van der Waals surface area contributed by atoms with Crippen molar-refractivity contribution in [3.05, 3.63) is 0 Å². The molecule has 2 amide bonds. The molecule has 3 N–H and O–H groups in total. The Bertz CT molecular complexity index is 411. The fourth-order valence-electron chi connectivity index (χ4n) is 1.48. The van der Waals surface area contributed by atoms with Gasteiger partial charge in [0.05, 0.1) is 5.75 Å². The normalized spacial score (nSPS) is 15.1. The first kappa shape index (κ1) is 19.6. The van der Waals surface area contributed by atoms with Gasteiger partial charge in [-0.1, -0.05) is 13.8 Å². The van der Waals surface area contributed by atoms with E-state index < -0.39 is 34.0 Å². The molecule has 8 heteroatoms. The van der Waals surface area contributed by atoms with Crippen molar-refractivity contribution >= 4 is 28.6 Å². The molecule has 0 aromatic heterocycles. The summed E-state index contributed by atoms with van der Waals surface area (Å²) in [6.45, 7) is 7.21. The lowest BCUT2D eigenvalue weighted by Crippen LogP contribution is -2.46. The van der Waals surface area contributed by atoms with Gasteiger partial charge >= 0.3 is 5.97 Å². The van der Waals surface area contributed by atoms with Crippen LogP contribution >= 0.6 is 0 Å². The second kappa shape index (κ2) is 9.49. The van der Waals surface area contributed by atoms with Crippen molar-refractivity contribution in [2.75, 3.05) is 12.3 Å². The van der Waals surface area contributed by atoms with Crippen LogP contribution in [0.3, 0.4) is 0 Å². The molecule has 0 fully saturated rings. The highest BCUT2D eigenvalue weighted by atomic mass is 32.2. The molecule has 2 unspecified atom stereocenters. The topological polar surface area (TPSA) is 113 Å². The SMILES string of the molecule is CC(=O)N[C@@H](CS(=O)C(C)C(=O)NCCC(C)C)C(=O)O. The summed E-state index contributed by atoms with van der Waals surface area (Å²) >= 11 is 0. The molecule has 0 bridgehead atoms. The lowest BCUT2D eigenvalue weighted by atomic mass is 10.1. The minimum Gasteiger partial charge on any atom is -0.480 e. The summed E-state index contributed by atoms with van der Waals surface area (Å²) in [5.41, 5.74) is 0.